The minimum absolute atomic E-state index is 0.217. The van der Waals surface area contributed by atoms with Gasteiger partial charge in [-0.2, -0.15) is 0 Å². The number of imidazole rings is 1. The lowest BCUT2D eigenvalue weighted by Crippen LogP contribution is -2.03. The predicted octanol–water partition coefficient (Wildman–Crippen LogP) is 4.26. The van der Waals surface area contributed by atoms with Crippen molar-refractivity contribution in [3.63, 3.8) is 0 Å². The van der Waals surface area contributed by atoms with Crippen molar-refractivity contribution in [2.24, 2.45) is 0 Å². The Kier molecular flexibility index (Phi) is 6.21. The largest absolute Gasteiger partial charge is 0.493 e. The standard InChI is InChI=1S/C24H24N4O4/c1-30-20-10-7-17(14-21(20)31-2)19-15-22-25-12-13-28(22)24(27-19)26-18-8-4-16(5-9-18)6-11-23(29)32-3/h4-5,7-10,12-15H,6,11H2,1-3H3,(H,26,27). The summed E-state index contributed by atoms with van der Waals surface area (Å²) in [5.74, 6) is 1.70. The van der Waals surface area contributed by atoms with Crippen molar-refractivity contribution in [1.82, 2.24) is 14.4 Å². The molecule has 2 aromatic heterocycles. The molecule has 32 heavy (non-hydrogen) atoms. The molecule has 164 valence electrons. The summed E-state index contributed by atoms with van der Waals surface area (Å²) in [6.45, 7) is 0. The first-order valence-electron chi connectivity index (χ1n) is 10.1. The summed E-state index contributed by atoms with van der Waals surface area (Å²) in [4.78, 5) is 20.6. The molecule has 0 amide bonds. The highest BCUT2D eigenvalue weighted by Gasteiger charge is 2.12. The fourth-order valence-electron chi connectivity index (χ4n) is 3.39. The number of ether oxygens (including phenoxy) is 3. The highest BCUT2D eigenvalue weighted by molar-refractivity contribution is 5.71. The Balaban J connectivity index is 1.62. The smallest absolute Gasteiger partial charge is 0.305 e. The zero-order chi connectivity index (χ0) is 22.5. The second-order valence-corrected chi connectivity index (χ2v) is 7.09. The topological polar surface area (TPSA) is 87.0 Å². The van der Waals surface area contributed by atoms with Crippen LogP contribution in [0.1, 0.15) is 12.0 Å². The van der Waals surface area contributed by atoms with E-state index in [4.69, 9.17) is 19.2 Å². The number of carbonyl (C=O) groups excluding carboxylic acids is 1. The van der Waals surface area contributed by atoms with E-state index in [1.807, 2.05) is 59.1 Å². The molecule has 0 aliphatic rings. The van der Waals surface area contributed by atoms with Crippen LogP contribution in [0.4, 0.5) is 11.6 Å². The van der Waals surface area contributed by atoms with Gasteiger partial charge in [0.15, 0.2) is 11.5 Å². The minimum Gasteiger partial charge on any atom is -0.493 e. The van der Waals surface area contributed by atoms with Crippen LogP contribution in [0.15, 0.2) is 60.9 Å². The first-order valence-corrected chi connectivity index (χ1v) is 10.1. The molecule has 0 unspecified atom stereocenters. The predicted molar refractivity (Wildman–Crippen MR) is 122 cm³/mol. The van der Waals surface area contributed by atoms with Crippen LogP contribution in [0.2, 0.25) is 0 Å². The Morgan fingerprint density at radius 1 is 1.00 bits per heavy atom. The molecule has 1 N–H and O–H groups in total. The number of anilines is 2. The Morgan fingerprint density at radius 3 is 2.50 bits per heavy atom. The van der Waals surface area contributed by atoms with Crippen molar-refractivity contribution in [1.29, 1.82) is 0 Å². The molecular weight excluding hydrogens is 408 g/mol. The average Bonchev–Trinajstić information content (AvgIpc) is 3.32. The molecule has 0 atom stereocenters. The summed E-state index contributed by atoms with van der Waals surface area (Å²) >= 11 is 0. The van der Waals surface area contributed by atoms with E-state index in [0.29, 0.717) is 30.3 Å². The molecule has 0 aliphatic carbocycles. The van der Waals surface area contributed by atoms with Gasteiger partial charge in [-0.25, -0.2) is 9.97 Å². The van der Waals surface area contributed by atoms with Gasteiger partial charge in [0.05, 0.1) is 27.0 Å². The number of aromatic nitrogens is 3. The molecule has 0 saturated heterocycles. The number of benzene rings is 2. The number of nitrogens with one attached hydrogen (secondary N) is 1. The summed E-state index contributed by atoms with van der Waals surface area (Å²) in [6, 6.07) is 15.5. The van der Waals surface area contributed by atoms with Crippen LogP contribution in [0.25, 0.3) is 16.9 Å². The van der Waals surface area contributed by atoms with Crippen molar-refractivity contribution in [2.75, 3.05) is 26.6 Å². The van der Waals surface area contributed by atoms with E-state index in [-0.39, 0.29) is 5.97 Å². The van der Waals surface area contributed by atoms with Crippen molar-refractivity contribution < 1.29 is 19.0 Å². The van der Waals surface area contributed by atoms with Crippen LogP contribution in [-0.2, 0) is 16.0 Å². The van der Waals surface area contributed by atoms with Crippen molar-refractivity contribution in [3.8, 4) is 22.8 Å². The number of hydrogen-bond donors (Lipinski definition) is 1. The van der Waals surface area contributed by atoms with Gasteiger partial charge in [0.2, 0.25) is 5.95 Å². The van der Waals surface area contributed by atoms with Crippen LogP contribution >= 0.6 is 0 Å². The maximum atomic E-state index is 11.4. The second-order valence-electron chi connectivity index (χ2n) is 7.09. The minimum atomic E-state index is -0.217. The van der Waals surface area contributed by atoms with Gasteiger partial charge in [0, 0.05) is 36.1 Å². The Labute approximate surface area is 185 Å². The molecule has 0 bridgehead atoms. The van der Waals surface area contributed by atoms with Crippen LogP contribution in [-0.4, -0.2) is 41.7 Å². The molecule has 0 fully saturated rings. The molecule has 8 nitrogen and oxygen atoms in total. The maximum Gasteiger partial charge on any atom is 0.305 e. The zero-order valence-electron chi connectivity index (χ0n) is 18.2. The van der Waals surface area contributed by atoms with Gasteiger partial charge in [-0.15, -0.1) is 0 Å². The molecule has 2 aromatic carbocycles. The highest BCUT2D eigenvalue weighted by atomic mass is 16.5. The maximum absolute atomic E-state index is 11.4. The molecule has 0 spiro atoms. The summed E-state index contributed by atoms with van der Waals surface area (Å²) in [7, 11) is 4.61. The van der Waals surface area contributed by atoms with E-state index in [1.54, 1.807) is 20.4 Å². The molecule has 0 aliphatic heterocycles. The van der Waals surface area contributed by atoms with Crippen LogP contribution in [0.3, 0.4) is 0 Å². The monoisotopic (exact) mass is 432 g/mol. The van der Waals surface area contributed by atoms with Gasteiger partial charge in [-0.3, -0.25) is 9.20 Å². The molecule has 0 saturated carbocycles. The average molecular weight is 432 g/mol. The van der Waals surface area contributed by atoms with Crippen LogP contribution in [0.5, 0.6) is 11.5 Å². The normalized spacial score (nSPS) is 10.7. The third-order valence-corrected chi connectivity index (χ3v) is 5.12. The zero-order valence-corrected chi connectivity index (χ0v) is 18.2. The first kappa shape index (κ1) is 21.2. The van der Waals surface area contributed by atoms with E-state index in [9.17, 15) is 4.79 Å². The van der Waals surface area contributed by atoms with E-state index in [1.165, 1.54) is 7.11 Å². The molecule has 0 radical (unpaired) electrons. The fourth-order valence-corrected chi connectivity index (χ4v) is 3.39. The Bertz CT molecular complexity index is 1230. The van der Waals surface area contributed by atoms with Gasteiger partial charge in [-0.05, 0) is 42.3 Å². The Morgan fingerprint density at radius 2 is 1.78 bits per heavy atom. The summed E-state index contributed by atoms with van der Waals surface area (Å²) in [5.41, 5.74) is 4.33. The number of fused-ring (bicyclic) bond motifs is 1. The van der Waals surface area contributed by atoms with Crippen LogP contribution < -0.4 is 14.8 Å². The second kappa shape index (κ2) is 9.38. The molecular formula is C24H24N4O4. The van der Waals surface area contributed by atoms with Gasteiger partial charge in [0.25, 0.3) is 0 Å². The number of carbonyl (C=O) groups is 1. The van der Waals surface area contributed by atoms with E-state index < -0.39 is 0 Å². The SMILES string of the molecule is COC(=O)CCc1ccc(Nc2nc(-c3ccc(OC)c(OC)c3)cc3nccn23)cc1. The highest BCUT2D eigenvalue weighted by Crippen LogP contribution is 2.32. The first-order chi connectivity index (χ1) is 15.6. The Hall–Kier alpha value is -4.07. The lowest BCUT2D eigenvalue weighted by Gasteiger charge is -2.13. The van der Waals surface area contributed by atoms with E-state index >= 15 is 0 Å². The van der Waals surface area contributed by atoms with Crippen molar-refractivity contribution in [2.45, 2.75) is 12.8 Å². The van der Waals surface area contributed by atoms with Gasteiger partial charge < -0.3 is 19.5 Å². The number of esters is 1. The van der Waals surface area contributed by atoms with Crippen molar-refractivity contribution in [3.05, 3.63) is 66.5 Å². The number of nitrogens with zero attached hydrogens (tertiary/aromatic N) is 3. The quantitative estimate of drug-likeness (QED) is 0.416. The van der Waals surface area contributed by atoms with Gasteiger partial charge in [0.1, 0.15) is 5.65 Å². The number of rotatable bonds is 8. The molecule has 4 aromatic rings. The molecule has 8 heteroatoms. The third kappa shape index (κ3) is 4.49. The fraction of sp³-hybridized carbons (Fsp3) is 0.208. The van der Waals surface area contributed by atoms with Gasteiger partial charge in [-0.1, -0.05) is 12.1 Å². The van der Waals surface area contributed by atoms with E-state index in [2.05, 4.69) is 10.3 Å². The summed E-state index contributed by atoms with van der Waals surface area (Å²) in [5, 5.41) is 3.36. The number of methoxy groups -OCH3 is 3. The summed E-state index contributed by atoms with van der Waals surface area (Å²) in [6.07, 6.45) is 4.57. The third-order valence-electron chi connectivity index (χ3n) is 5.12. The molecule has 2 heterocycles. The summed E-state index contributed by atoms with van der Waals surface area (Å²) < 4.78 is 17.4. The lowest BCUT2D eigenvalue weighted by atomic mass is 10.1. The van der Waals surface area contributed by atoms with E-state index in [0.717, 1.165) is 28.2 Å². The number of aryl methyl sites for hydroxylation is 1. The number of hydrogen-bond acceptors (Lipinski definition) is 7. The van der Waals surface area contributed by atoms with Gasteiger partial charge >= 0.3 is 5.97 Å². The lowest BCUT2D eigenvalue weighted by molar-refractivity contribution is -0.140. The van der Waals surface area contributed by atoms with Crippen molar-refractivity contribution >= 4 is 23.3 Å². The molecule has 4 rings (SSSR count). The van der Waals surface area contributed by atoms with Crippen LogP contribution in [0, 0.1) is 0 Å².